The minimum Gasteiger partial charge on any atom is -0.352 e. The minimum absolute atomic E-state index is 0.0112. The fourth-order valence-corrected chi connectivity index (χ4v) is 3.54. The van der Waals surface area contributed by atoms with Crippen LogP contribution in [-0.2, 0) is 11.3 Å². The van der Waals surface area contributed by atoms with Crippen LogP contribution in [0.5, 0.6) is 0 Å². The highest BCUT2D eigenvalue weighted by atomic mass is 16.2. The van der Waals surface area contributed by atoms with Gasteiger partial charge in [0, 0.05) is 37.9 Å². The molecule has 0 spiro atoms. The molecule has 0 radical (unpaired) electrons. The van der Waals surface area contributed by atoms with Gasteiger partial charge in [-0.2, -0.15) is 5.10 Å². The standard InChI is InChI=1S/C17H27N5O2/c1-13-9-18-7-8-22(13)17(24)14-10-19-21(11-14)12-16(23)20-15-5-3-2-4-6-15/h10-11,13,15,18H,2-9,12H2,1H3,(H,20,23)/t13-/m0/s1. The van der Waals surface area contributed by atoms with Gasteiger partial charge in [-0.15, -0.1) is 0 Å². The Balaban J connectivity index is 1.54. The van der Waals surface area contributed by atoms with Crippen LogP contribution in [0.15, 0.2) is 12.4 Å². The Kier molecular flexibility index (Phi) is 5.50. The van der Waals surface area contributed by atoms with Crippen LogP contribution in [0.2, 0.25) is 0 Å². The molecule has 0 bridgehead atoms. The summed E-state index contributed by atoms with van der Waals surface area (Å²) in [7, 11) is 0. The van der Waals surface area contributed by atoms with E-state index in [0.717, 1.165) is 25.9 Å². The molecule has 1 aromatic rings. The van der Waals surface area contributed by atoms with Gasteiger partial charge in [0.05, 0.1) is 11.8 Å². The Morgan fingerprint density at radius 3 is 2.88 bits per heavy atom. The Bertz CT molecular complexity index is 579. The number of aromatic nitrogens is 2. The molecule has 1 saturated carbocycles. The number of carbonyl (C=O) groups is 2. The van der Waals surface area contributed by atoms with Crippen LogP contribution in [0.3, 0.4) is 0 Å². The van der Waals surface area contributed by atoms with Crippen molar-refractivity contribution in [3.05, 3.63) is 18.0 Å². The lowest BCUT2D eigenvalue weighted by Crippen LogP contribution is -2.52. The van der Waals surface area contributed by atoms with Gasteiger partial charge in [-0.3, -0.25) is 14.3 Å². The number of hydrogen-bond donors (Lipinski definition) is 2. The van der Waals surface area contributed by atoms with Gasteiger partial charge in [0.1, 0.15) is 6.54 Å². The number of amides is 2. The fraction of sp³-hybridized carbons (Fsp3) is 0.706. The highest BCUT2D eigenvalue weighted by molar-refractivity contribution is 5.94. The highest BCUT2D eigenvalue weighted by Gasteiger charge is 2.25. The summed E-state index contributed by atoms with van der Waals surface area (Å²) in [6.07, 6.45) is 9.01. The van der Waals surface area contributed by atoms with Gasteiger partial charge in [-0.05, 0) is 19.8 Å². The van der Waals surface area contributed by atoms with Gasteiger partial charge < -0.3 is 15.5 Å². The number of nitrogens with one attached hydrogen (secondary N) is 2. The van der Waals surface area contributed by atoms with Crippen LogP contribution in [-0.4, -0.2) is 58.2 Å². The predicted molar refractivity (Wildman–Crippen MR) is 90.6 cm³/mol. The lowest BCUT2D eigenvalue weighted by Gasteiger charge is -2.33. The predicted octanol–water partition coefficient (Wildman–Crippen LogP) is 0.766. The van der Waals surface area contributed by atoms with Crippen molar-refractivity contribution >= 4 is 11.8 Å². The summed E-state index contributed by atoms with van der Waals surface area (Å²) < 4.78 is 1.55. The Morgan fingerprint density at radius 1 is 1.33 bits per heavy atom. The average Bonchev–Trinajstić information content (AvgIpc) is 3.04. The van der Waals surface area contributed by atoms with Gasteiger partial charge in [0.2, 0.25) is 5.91 Å². The molecule has 2 fully saturated rings. The molecule has 2 aliphatic rings. The van der Waals surface area contributed by atoms with E-state index in [0.29, 0.717) is 18.2 Å². The molecule has 1 aliphatic heterocycles. The number of piperazine rings is 1. The molecule has 24 heavy (non-hydrogen) atoms. The number of carbonyl (C=O) groups excluding carboxylic acids is 2. The van der Waals surface area contributed by atoms with E-state index in [1.807, 2.05) is 11.8 Å². The van der Waals surface area contributed by atoms with E-state index in [4.69, 9.17) is 0 Å². The minimum atomic E-state index is -0.0282. The third-order valence-electron chi connectivity index (χ3n) is 4.92. The second-order valence-corrected chi connectivity index (χ2v) is 6.88. The molecule has 7 heteroatoms. The average molecular weight is 333 g/mol. The zero-order valence-corrected chi connectivity index (χ0v) is 14.3. The van der Waals surface area contributed by atoms with Crippen molar-refractivity contribution in [2.75, 3.05) is 19.6 Å². The molecule has 2 amide bonds. The zero-order valence-electron chi connectivity index (χ0n) is 14.3. The van der Waals surface area contributed by atoms with Crippen molar-refractivity contribution in [1.29, 1.82) is 0 Å². The van der Waals surface area contributed by atoms with E-state index < -0.39 is 0 Å². The maximum atomic E-state index is 12.6. The van der Waals surface area contributed by atoms with Gasteiger partial charge in [0.25, 0.3) is 5.91 Å². The van der Waals surface area contributed by atoms with Crippen molar-refractivity contribution in [3.8, 4) is 0 Å². The molecule has 1 saturated heterocycles. The second kappa shape index (κ2) is 7.79. The van der Waals surface area contributed by atoms with Gasteiger partial charge in [-0.25, -0.2) is 0 Å². The first-order valence-electron chi connectivity index (χ1n) is 8.97. The zero-order chi connectivity index (χ0) is 16.9. The topological polar surface area (TPSA) is 79.3 Å². The Labute approximate surface area is 142 Å². The first kappa shape index (κ1) is 17.0. The molecule has 1 atom stereocenters. The second-order valence-electron chi connectivity index (χ2n) is 6.88. The molecule has 7 nitrogen and oxygen atoms in total. The van der Waals surface area contributed by atoms with Crippen molar-refractivity contribution in [1.82, 2.24) is 25.3 Å². The van der Waals surface area contributed by atoms with E-state index in [2.05, 4.69) is 15.7 Å². The molecule has 0 aromatic carbocycles. The van der Waals surface area contributed by atoms with Gasteiger partial charge in [0.15, 0.2) is 0 Å². The van der Waals surface area contributed by atoms with Crippen molar-refractivity contribution in [2.24, 2.45) is 0 Å². The molecular weight excluding hydrogens is 306 g/mol. The molecule has 2 N–H and O–H groups in total. The highest BCUT2D eigenvalue weighted by Crippen LogP contribution is 2.17. The quantitative estimate of drug-likeness (QED) is 0.853. The van der Waals surface area contributed by atoms with Crippen LogP contribution in [0, 0.1) is 0 Å². The van der Waals surface area contributed by atoms with E-state index in [-0.39, 0.29) is 24.4 Å². The van der Waals surface area contributed by atoms with Crippen molar-refractivity contribution in [3.63, 3.8) is 0 Å². The maximum absolute atomic E-state index is 12.6. The van der Waals surface area contributed by atoms with Crippen LogP contribution < -0.4 is 10.6 Å². The largest absolute Gasteiger partial charge is 0.352 e. The van der Waals surface area contributed by atoms with Crippen LogP contribution in [0.4, 0.5) is 0 Å². The van der Waals surface area contributed by atoms with E-state index in [1.54, 1.807) is 17.1 Å². The lowest BCUT2D eigenvalue weighted by molar-refractivity contribution is -0.122. The molecule has 1 aliphatic carbocycles. The smallest absolute Gasteiger partial charge is 0.257 e. The summed E-state index contributed by atoms with van der Waals surface area (Å²) in [5.41, 5.74) is 0.550. The first-order valence-corrected chi connectivity index (χ1v) is 8.97. The normalized spacial score (nSPS) is 22.4. The summed E-state index contributed by atoms with van der Waals surface area (Å²) >= 11 is 0. The third kappa shape index (κ3) is 4.14. The van der Waals surface area contributed by atoms with Crippen molar-refractivity contribution in [2.45, 2.75) is 57.7 Å². The van der Waals surface area contributed by atoms with E-state index >= 15 is 0 Å². The summed E-state index contributed by atoms with van der Waals surface area (Å²) in [6.45, 7) is 4.53. The summed E-state index contributed by atoms with van der Waals surface area (Å²) in [5, 5.41) is 10.5. The summed E-state index contributed by atoms with van der Waals surface area (Å²) in [4.78, 5) is 26.6. The number of hydrogen-bond acceptors (Lipinski definition) is 4. The maximum Gasteiger partial charge on any atom is 0.257 e. The van der Waals surface area contributed by atoms with Crippen LogP contribution >= 0.6 is 0 Å². The fourth-order valence-electron chi connectivity index (χ4n) is 3.54. The summed E-state index contributed by atoms with van der Waals surface area (Å²) in [6, 6.07) is 0.466. The Morgan fingerprint density at radius 2 is 2.12 bits per heavy atom. The first-order chi connectivity index (χ1) is 11.6. The Hall–Kier alpha value is -1.89. The molecule has 3 rings (SSSR count). The van der Waals surface area contributed by atoms with Crippen molar-refractivity contribution < 1.29 is 9.59 Å². The third-order valence-corrected chi connectivity index (χ3v) is 4.92. The van der Waals surface area contributed by atoms with E-state index in [9.17, 15) is 9.59 Å². The number of rotatable bonds is 4. The van der Waals surface area contributed by atoms with Gasteiger partial charge in [-0.1, -0.05) is 19.3 Å². The molecule has 132 valence electrons. The van der Waals surface area contributed by atoms with E-state index in [1.165, 1.54) is 19.3 Å². The SMILES string of the molecule is C[C@H]1CNCCN1C(=O)c1cnn(CC(=O)NC2CCCCC2)c1. The molecule has 1 aromatic heterocycles. The molecule has 0 unspecified atom stereocenters. The summed E-state index contributed by atoms with van der Waals surface area (Å²) in [5.74, 6) is -0.0394. The lowest BCUT2D eigenvalue weighted by atomic mass is 9.95. The van der Waals surface area contributed by atoms with Gasteiger partial charge >= 0.3 is 0 Å². The molecule has 2 heterocycles. The van der Waals surface area contributed by atoms with Crippen LogP contribution in [0.1, 0.15) is 49.4 Å². The molecular formula is C17H27N5O2. The monoisotopic (exact) mass is 333 g/mol. The van der Waals surface area contributed by atoms with Crippen LogP contribution in [0.25, 0.3) is 0 Å². The number of nitrogens with zero attached hydrogens (tertiary/aromatic N) is 3.